The summed E-state index contributed by atoms with van der Waals surface area (Å²) in [7, 11) is 1.62. The molecule has 1 aromatic heterocycles. The molecule has 0 fully saturated rings. The van der Waals surface area contributed by atoms with E-state index in [0.717, 1.165) is 11.3 Å². The van der Waals surface area contributed by atoms with Gasteiger partial charge < -0.3 is 20.5 Å². The van der Waals surface area contributed by atoms with Crippen molar-refractivity contribution in [3.8, 4) is 17.4 Å². The van der Waals surface area contributed by atoms with Gasteiger partial charge >= 0.3 is 0 Å². The highest BCUT2D eigenvalue weighted by Gasteiger charge is 2.27. The highest BCUT2D eigenvalue weighted by atomic mass is 16.5. The van der Waals surface area contributed by atoms with Gasteiger partial charge in [-0.05, 0) is 30.0 Å². The summed E-state index contributed by atoms with van der Waals surface area (Å²) in [6.45, 7) is 7.72. The van der Waals surface area contributed by atoms with Gasteiger partial charge in [0.2, 0.25) is 11.8 Å². The first kappa shape index (κ1) is 18.7. The number of aromatic nitrogens is 1. The van der Waals surface area contributed by atoms with Crippen LogP contribution in [0.3, 0.4) is 0 Å². The SMILES string of the molecule is COc1cc(Oc2ccc(NC(=O)[C@H](N)C(C)(C)C)cn2)ccc1C. The Morgan fingerprint density at radius 3 is 2.52 bits per heavy atom. The third kappa shape index (κ3) is 4.93. The van der Waals surface area contributed by atoms with Gasteiger partial charge in [-0.1, -0.05) is 26.8 Å². The van der Waals surface area contributed by atoms with Gasteiger partial charge in [-0.2, -0.15) is 0 Å². The van der Waals surface area contributed by atoms with Crippen LogP contribution < -0.4 is 20.5 Å². The molecule has 25 heavy (non-hydrogen) atoms. The van der Waals surface area contributed by atoms with Crippen molar-refractivity contribution in [1.29, 1.82) is 0 Å². The lowest BCUT2D eigenvalue weighted by molar-refractivity contribution is -0.119. The minimum atomic E-state index is -0.608. The number of hydrogen-bond acceptors (Lipinski definition) is 5. The van der Waals surface area contributed by atoms with Gasteiger partial charge in [0.15, 0.2) is 0 Å². The van der Waals surface area contributed by atoms with Crippen molar-refractivity contribution in [3.63, 3.8) is 0 Å². The number of carbonyl (C=O) groups excluding carboxylic acids is 1. The highest BCUT2D eigenvalue weighted by molar-refractivity contribution is 5.95. The van der Waals surface area contributed by atoms with Gasteiger partial charge in [0.1, 0.15) is 11.5 Å². The zero-order valence-electron chi connectivity index (χ0n) is 15.3. The molecule has 1 heterocycles. The molecule has 1 amide bonds. The quantitative estimate of drug-likeness (QED) is 0.867. The second-order valence-electron chi connectivity index (χ2n) is 6.95. The molecular weight excluding hydrogens is 318 g/mol. The molecule has 0 unspecified atom stereocenters. The molecule has 6 nitrogen and oxygen atoms in total. The number of ether oxygens (including phenoxy) is 2. The molecule has 134 valence electrons. The van der Waals surface area contributed by atoms with Crippen molar-refractivity contribution >= 4 is 11.6 Å². The van der Waals surface area contributed by atoms with Crippen molar-refractivity contribution in [2.24, 2.45) is 11.1 Å². The number of methoxy groups -OCH3 is 1. The first-order valence-corrected chi connectivity index (χ1v) is 8.05. The Hall–Kier alpha value is -2.60. The predicted molar refractivity (Wildman–Crippen MR) is 98.1 cm³/mol. The standard InChI is InChI=1S/C19H25N3O3/c1-12-6-8-14(10-15(12)24-5)25-16-9-7-13(11-21-16)22-18(23)17(20)19(2,3)4/h6-11,17H,20H2,1-5H3,(H,22,23)/t17-/m0/s1. The van der Waals surface area contributed by atoms with Crippen LogP contribution in [-0.2, 0) is 4.79 Å². The summed E-state index contributed by atoms with van der Waals surface area (Å²) < 4.78 is 11.0. The van der Waals surface area contributed by atoms with Crippen molar-refractivity contribution < 1.29 is 14.3 Å². The number of rotatable bonds is 5. The number of carbonyl (C=O) groups is 1. The number of amides is 1. The summed E-state index contributed by atoms with van der Waals surface area (Å²) in [6, 6.07) is 8.36. The van der Waals surface area contributed by atoms with E-state index >= 15 is 0 Å². The number of aryl methyl sites for hydroxylation is 1. The van der Waals surface area contributed by atoms with Crippen molar-refractivity contribution in [2.75, 3.05) is 12.4 Å². The Morgan fingerprint density at radius 2 is 1.96 bits per heavy atom. The Morgan fingerprint density at radius 1 is 1.24 bits per heavy atom. The summed E-state index contributed by atoms with van der Waals surface area (Å²) in [5.74, 6) is 1.55. The summed E-state index contributed by atoms with van der Waals surface area (Å²) >= 11 is 0. The highest BCUT2D eigenvalue weighted by Crippen LogP contribution is 2.27. The Kier molecular flexibility index (Phi) is 5.64. The van der Waals surface area contributed by atoms with Crippen LogP contribution >= 0.6 is 0 Å². The summed E-state index contributed by atoms with van der Waals surface area (Å²) in [5, 5.41) is 2.76. The molecule has 0 radical (unpaired) electrons. The minimum Gasteiger partial charge on any atom is -0.496 e. The predicted octanol–water partition coefficient (Wildman–Crippen LogP) is 3.50. The number of pyridine rings is 1. The van der Waals surface area contributed by atoms with E-state index in [4.69, 9.17) is 15.2 Å². The molecular formula is C19H25N3O3. The van der Waals surface area contributed by atoms with E-state index in [2.05, 4.69) is 10.3 Å². The third-order valence-electron chi connectivity index (χ3n) is 3.82. The Bertz CT molecular complexity index is 737. The van der Waals surface area contributed by atoms with Gasteiger partial charge in [0, 0.05) is 12.1 Å². The summed E-state index contributed by atoms with van der Waals surface area (Å²) in [4.78, 5) is 16.3. The topological polar surface area (TPSA) is 86.5 Å². The fourth-order valence-electron chi connectivity index (χ4n) is 2.11. The van der Waals surface area contributed by atoms with Gasteiger partial charge in [-0.25, -0.2) is 4.98 Å². The van der Waals surface area contributed by atoms with Crippen molar-refractivity contribution in [3.05, 3.63) is 42.1 Å². The molecule has 2 aromatic rings. The molecule has 3 N–H and O–H groups in total. The van der Waals surface area contributed by atoms with Crippen LogP contribution in [0.2, 0.25) is 0 Å². The Labute approximate surface area is 148 Å². The number of benzene rings is 1. The first-order valence-electron chi connectivity index (χ1n) is 8.05. The normalized spacial score (nSPS) is 12.4. The van der Waals surface area contributed by atoms with Crippen molar-refractivity contribution in [2.45, 2.75) is 33.7 Å². The molecule has 0 saturated heterocycles. The number of anilines is 1. The molecule has 6 heteroatoms. The van der Waals surface area contributed by atoms with E-state index in [-0.39, 0.29) is 11.3 Å². The molecule has 0 saturated carbocycles. The number of nitrogens with zero attached hydrogens (tertiary/aromatic N) is 1. The smallest absolute Gasteiger partial charge is 0.241 e. The molecule has 0 spiro atoms. The minimum absolute atomic E-state index is 0.244. The number of nitrogens with one attached hydrogen (secondary N) is 1. The molecule has 1 atom stereocenters. The maximum atomic E-state index is 12.1. The van der Waals surface area contributed by atoms with E-state index in [1.807, 2.05) is 39.8 Å². The molecule has 0 aliphatic rings. The molecule has 0 bridgehead atoms. The van der Waals surface area contributed by atoms with Gasteiger partial charge in [-0.15, -0.1) is 0 Å². The molecule has 1 aromatic carbocycles. The van der Waals surface area contributed by atoms with E-state index in [0.29, 0.717) is 17.3 Å². The fraction of sp³-hybridized carbons (Fsp3) is 0.368. The first-order chi connectivity index (χ1) is 11.7. The van der Waals surface area contributed by atoms with Gasteiger partial charge in [-0.3, -0.25) is 4.79 Å². The second-order valence-corrected chi connectivity index (χ2v) is 6.95. The van der Waals surface area contributed by atoms with Crippen LogP contribution in [-0.4, -0.2) is 24.0 Å². The maximum Gasteiger partial charge on any atom is 0.241 e. The average molecular weight is 343 g/mol. The average Bonchev–Trinajstić information content (AvgIpc) is 2.56. The lowest BCUT2D eigenvalue weighted by Gasteiger charge is -2.25. The van der Waals surface area contributed by atoms with Crippen LogP contribution in [0.15, 0.2) is 36.5 Å². The largest absolute Gasteiger partial charge is 0.496 e. The number of hydrogen-bond donors (Lipinski definition) is 2. The van der Waals surface area contributed by atoms with Crippen LogP contribution in [0.1, 0.15) is 26.3 Å². The van der Waals surface area contributed by atoms with E-state index in [1.54, 1.807) is 25.3 Å². The van der Waals surface area contributed by atoms with Crippen LogP contribution in [0.25, 0.3) is 0 Å². The van der Waals surface area contributed by atoms with Crippen molar-refractivity contribution in [1.82, 2.24) is 4.98 Å². The Balaban J connectivity index is 2.04. The molecule has 0 aliphatic heterocycles. The monoisotopic (exact) mass is 343 g/mol. The third-order valence-corrected chi connectivity index (χ3v) is 3.82. The second kappa shape index (κ2) is 7.53. The van der Waals surface area contributed by atoms with E-state index in [9.17, 15) is 4.79 Å². The lowest BCUT2D eigenvalue weighted by atomic mass is 9.87. The summed E-state index contributed by atoms with van der Waals surface area (Å²) in [6.07, 6.45) is 1.54. The van der Waals surface area contributed by atoms with Crippen LogP contribution in [0.4, 0.5) is 5.69 Å². The number of nitrogens with two attached hydrogens (primary N) is 1. The van der Waals surface area contributed by atoms with E-state index in [1.165, 1.54) is 6.20 Å². The lowest BCUT2D eigenvalue weighted by Crippen LogP contribution is -2.45. The van der Waals surface area contributed by atoms with Gasteiger partial charge in [0.25, 0.3) is 0 Å². The zero-order valence-corrected chi connectivity index (χ0v) is 15.3. The summed E-state index contributed by atoms with van der Waals surface area (Å²) in [5.41, 5.74) is 7.22. The molecule has 0 aliphatic carbocycles. The maximum absolute atomic E-state index is 12.1. The molecule has 2 rings (SSSR count). The fourth-order valence-corrected chi connectivity index (χ4v) is 2.11. The van der Waals surface area contributed by atoms with E-state index < -0.39 is 6.04 Å². The zero-order chi connectivity index (χ0) is 18.6. The van der Waals surface area contributed by atoms with Crippen LogP contribution in [0, 0.1) is 12.3 Å². The van der Waals surface area contributed by atoms with Gasteiger partial charge in [0.05, 0.1) is 25.0 Å². The van der Waals surface area contributed by atoms with Crippen LogP contribution in [0.5, 0.6) is 17.4 Å².